The van der Waals surface area contributed by atoms with Crippen LogP contribution in [-0.4, -0.2) is 15.0 Å². The Balaban J connectivity index is 1.15. The Morgan fingerprint density at radius 1 is 0.314 bits per heavy atom. The predicted molar refractivity (Wildman–Crippen MR) is 209 cm³/mol. The summed E-state index contributed by atoms with van der Waals surface area (Å²) in [6.07, 6.45) is 0. The van der Waals surface area contributed by atoms with Gasteiger partial charge in [0, 0.05) is 27.5 Å². The molecule has 0 saturated carbocycles. The average molecular weight is 652 g/mol. The van der Waals surface area contributed by atoms with E-state index in [1.54, 1.807) is 0 Å². The molecule has 2 aromatic heterocycles. The van der Waals surface area contributed by atoms with Gasteiger partial charge in [-0.05, 0) is 56.4 Å². The lowest BCUT2D eigenvalue weighted by atomic mass is 9.95. The minimum atomic E-state index is 0.563. The normalized spacial score (nSPS) is 11.5. The summed E-state index contributed by atoms with van der Waals surface area (Å²) in [5.41, 5.74) is 8.75. The molecular formula is C47H29N3O. The van der Waals surface area contributed by atoms with Gasteiger partial charge in [0.2, 0.25) is 0 Å². The first-order valence-corrected chi connectivity index (χ1v) is 17.1. The number of benzene rings is 8. The number of para-hydroxylation sites is 1. The first kappa shape index (κ1) is 29.0. The minimum Gasteiger partial charge on any atom is -0.455 e. The second kappa shape index (κ2) is 11.9. The number of rotatable bonds is 5. The van der Waals surface area contributed by atoms with E-state index in [4.69, 9.17) is 19.4 Å². The molecule has 4 heteroatoms. The zero-order chi connectivity index (χ0) is 33.7. The van der Waals surface area contributed by atoms with E-state index in [0.717, 1.165) is 66.1 Å². The van der Waals surface area contributed by atoms with E-state index < -0.39 is 0 Å². The quantitative estimate of drug-likeness (QED) is 0.186. The molecule has 0 aliphatic carbocycles. The molecule has 0 N–H and O–H groups in total. The summed E-state index contributed by atoms with van der Waals surface area (Å²) < 4.78 is 6.92. The van der Waals surface area contributed by atoms with Gasteiger partial charge in [0.1, 0.15) is 11.2 Å². The lowest BCUT2D eigenvalue weighted by Crippen LogP contribution is -2.00. The summed E-state index contributed by atoms with van der Waals surface area (Å²) in [6.45, 7) is 0. The highest BCUT2D eigenvalue weighted by molar-refractivity contribution is 6.19. The maximum atomic E-state index is 6.92. The van der Waals surface area contributed by atoms with Crippen molar-refractivity contribution in [2.45, 2.75) is 0 Å². The van der Waals surface area contributed by atoms with Crippen molar-refractivity contribution in [2.75, 3.05) is 0 Å². The Kier molecular flexibility index (Phi) is 6.78. The Morgan fingerprint density at radius 2 is 0.882 bits per heavy atom. The Morgan fingerprint density at radius 3 is 1.65 bits per heavy atom. The molecule has 2 heterocycles. The van der Waals surface area contributed by atoms with Crippen molar-refractivity contribution in [2.24, 2.45) is 0 Å². The fourth-order valence-electron chi connectivity index (χ4n) is 7.19. The van der Waals surface area contributed by atoms with Crippen LogP contribution in [0.4, 0.5) is 0 Å². The van der Waals surface area contributed by atoms with Gasteiger partial charge in [-0.15, -0.1) is 0 Å². The molecule has 8 aromatic carbocycles. The third kappa shape index (κ3) is 5.04. The SMILES string of the molecule is c1ccc(-c2nc(-c3ccc(-c4ccc5ccccc5c4)cc3)nc(-c3cccc4c3oc3c(-c5ccccc5)c5ccccc5cc34)n2)cc1. The van der Waals surface area contributed by atoms with Crippen LogP contribution < -0.4 is 0 Å². The number of hydrogen-bond donors (Lipinski definition) is 0. The van der Waals surface area contributed by atoms with Crippen LogP contribution >= 0.6 is 0 Å². The van der Waals surface area contributed by atoms with Crippen molar-refractivity contribution >= 4 is 43.5 Å². The van der Waals surface area contributed by atoms with Crippen molar-refractivity contribution in [1.82, 2.24) is 15.0 Å². The van der Waals surface area contributed by atoms with Crippen molar-refractivity contribution < 1.29 is 4.42 Å². The third-order valence-electron chi connectivity index (χ3n) is 9.71. The van der Waals surface area contributed by atoms with E-state index in [0.29, 0.717) is 17.5 Å². The number of aromatic nitrogens is 3. The summed E-state index contributed by atoms with van der Waals surface area (Å²) in [7, 11) is 0. The molecule has 0 atom stereocenters. The molecule has 0 fully saturated rings. The van der Waals surface area contributed by atoms with Crippen LogP contribution in [0, 0.1) is 0 Å². The zero-order valence-electron chi connectivity index (χ0n) is 27.5. The number of nitrogens with zero attached hydrogens (tertiary/aromatic N) is 3. The monoisotopic (exact) mass is 651 g/mol. The summed E-state index contributed by atoms with van der Waals surface area (Å²) >= 11 is 0. The van der Waals surface area contributed by atoms with Crippen molar-refractivity contribution in [1.29, 1.82) is 0 Å². The van der Waals surface area contributed by atoms with Gasteiger partial charge in [-0.1, -0.05) is 158 Å². The molecule has 0 spiro atoms. The topological polar surface area (TPSA) is 51.8 Å². The van der Waals surface area contributed by atoms with Crippen LogP contribution in [-0.2, 0) is 0 Å². The van der Waals surface area contributed by atoms with Crippen LogP contribution in [0.25, 0.3) is 99.9 Å². The van der Waals surface area contributed by atoms with E-state index in [1.807, 2.05) is 42.5 Å². The minimum absolute atomic E-state index is 0.563. The smallest absolute Gasteiger partial charge is 0.167 e. The Labute approximate surface area is 294 Å². The van der Waals surface area contributed by atoms with Gasteiger partial charge in [0.05, 0.1) is 5.56 Å². The molecule has 238 valence electrons. The molecule has 10 aromatic rings. The standard InChI is InChI=1S/C47H29N3O/c1-3-13-32(14-4-1)42-38-19-10-9-18-37(38)29-41-39-20-11-21-40(43(39)51-44(41)42)47-49-45(33-15-5-2-6-16-33)48-46(50-47)34-25-22-31(23-26-34)36-27-24-30-12-7-8-17-35(30)28-36/h1-29H. The number of fused-ring (bicyclic) bond motifs is 5. The largest absolute Gasteiger partial charge is 0.455 e. The molecular weight excluding hydrogens is 623 g/mol. The van der Waals surface area contributed by atoms with Gasteiger partial charge in [0.25, 0.3) is 0 Å². The second-order valence-corrected chi connectivity index (χ2v) is 12.8. The molecule has 0 unspecified atom stereocenters. The van der Waals surface area contributed by atoms with Gasteiger partial charge >= 0.3 is 0 Å². The first-order chi connectivity index (χ1) is 25.3. The molecule has 0 saturated heterocycles. The Bertz CT molecular complexity index is 2900. The summed E-state index contributed by atoms with van der Waals surface area (Å²) in [5.74, 6) is 1.78. The van der Waals surface area contributed by atoms with Crippen molar-refractivity contribution in [3.05, 3.63) is 176 Å². The molecule has 51 heavy (non-hydrogen) atoms. The second-order valence-electron chi connectivity index (χ2n) is 12.8. The summed E-state index contributed by atoms with van der Waals surface area (Å²) in [6, 6.07) is 61.0. The lowest BCUT2D eigenvalue weighted by molar-refractivity contribution is 0.671. The van der Waals surface area contributed by atoms with Crippen LogP contribution in [0.2, 0.25) is 0 Å². The summed E-state index contributed by atoms with van der Waals surface area (Å²) in [4.78, 5) is 15.2. The van der Waals surface area contributed by atoms with Gasteiger partial charge in [-0.3, -0.25) is 0 Å². The Hall–Kier alpha value is -6.91. The average Bonchev–Trinajstić information content (AvgIpc) is 3.58. The molecule has 0 bridgehead atoms. The van der Waals surface area contributed by atoms with Crippen molar-refractivity contribution in [3.63, 3.8) is 0 Å². The lowest BCUT2D eigenvalue weighted by Gasteiger charge is -2.10. The van der Waals surface area contributed by atoms with Gasteiger partial charge in [-0.2, -0.15) is 0 Å². The number of furan rings is 1. The fraction of sp³-hybridized carbons (Fsp3) is 0. The highest BCUT2D eigenvalue weighted by atomic mass is 16.3. The van der Waals surface area contributed by atoms with Crippen LogP contribution in [0.15, 0.2) is 180 Å². The molecule has 0 aliphatic heterocycles. The maximum absolute atomic E-state index is 6.92. The molecule has 0 amide bonds. The van der Waals surface area contributed by atoms with Crippen LogP contribution in [0.5, 0.6) is 0 Å². The predicted octanol–water partition coefficient (Wildman–Crippen LogP) is 12.4. The number of hydrogen-bond acceptors (Lipinski definition) is 4. The van der Waals surface area contributed by atoms with Gasteiger partial charge in [-0.25, -0.2) is 15.0 Å². The van der Waals surface area contributed by atoms with Gasteiger partial charge in [0.15, 0.2) is 17.5 Å². The zero-order valence-corrected chi connectivity index (χ0v) is 27.5. The maximum Gasteiger partial charge on any atom is 0.167 e. The summed E-state index contributed by atoms with van der Waals surface area (Å²) in [5, 5.41) is 6.85. The fourth-order valence-corrected chi connectivity index (χ4v) is 7.19. The van der Waals surface area contributed by atoms with E-state index in [9.17, 15) is 0 Å². The van der Waals surface area contributed by atoms with Crippen molar-refractivity contribution in [3.8, 4) is 56.4 Å². The van der Waals surface area contributed by atoms with Gasteiger partial charge < -0.3 is 4.42 Å². The van der Waals surface area contributed by atoms with E-state index >= 15 is 0 Å². The van der Waals surface area contributed by atoms with E-state index in [-0.39, 0.29) is 0 Å². The highest BCUT2D eigenvalue weighted by Crippen LogP contribution is 2.43. The molecule has 4 nitrogen and oxygen atoms in total. The van der Waals surface area contributed by atoms with Crippen LogP contribution in [0.1, 0.15) is 0 Å². The molecule has 0 aliphatic rings. The van der Waals surface area contributed by atoms with Crippen LogP contribution in [0.3, 0.4) is 0 Å². The van der Waals surface area contributed by atoms with E-state index in [2.05, 4.69) is 133 Å². The molecule has 0 radical (unpaired) electrons. The molecule has 10 rings (SSSR count). The van der Waals surface area contributed by atoms with E-state index in [1.165, 1.54) is 16.3 Å². The third-order valence-corrected chi connectivity index (χ3v) is 9.71. The first-order valence-electron chi connectivity index (χ1n) is 17.1. The highest BCUT2D eigenvalue weighted by Gasteiger charge is 2.21.